The number of nitrogens with one attached hydrogen (secondary N) is 2. The van der Waals surface area contributed by atoms with Gasteiger partial charge < -0.3 is 10.2 Å². The second-order valence-electron chi connectivity index (χ2n) is 6.93. The quantitative estimate of drug-likeness (QED) is 0.764. The van der Waals surface area contributed by atoms with Crippen LogP contribution in [0.4, 0.5) is 5.82 Å². The van der Waals surface area contributed by atoms with Gasteiger partial charge in [-0.05, 0) is 30.9 Å². The molecule has 0 aromatic carbocycles. The van der Waals surface area contributed by atoms with Gasteiger partial charge in [0.05, 0.1) is 6.20 Å². The van der Waals surface area contributed by atoms with Crippen LogP contribution in [0.3, 0.4) is 0 Å². The third kappa shape index (κ3) is 3.99. The monoisotopic (exact) mass is 366 g/mol. The van der Waals surface area contributed by atoms with E-state index in [2.05, 4.69) is 27.2 Å². The molecule has 140 valence electrons. The second-order valence-corrected chi connectivity index (χ2v) is 6.93. The van der Waals surface area contributed by atoms with Gasteiger partial charge in [-0.25, -0.2) is 0 Å². The SMILES string of the molecule is C=CC(=O)N1CC=C(c2cnn(CC(=O)Nc3cc(C4CC4)[nH]n3)c2)CC1. The van der Waals surface area contributed by atoms with Crippen molar-refractivity contribution in [1.29, 1.82) is 0 Å². The first-order valence-electron chi connectivity index (χ1n) is 9.10. The fraction of sp³-hybridized carbons (Fsp3) is 0.368. The number of carbonyl (C=O) groups excluding carboxylic acids is 2. The predicted octanol–water partition coefficient (Wildman–Crippen LogP) is 1.92. The van der Waals surface area contributed by atoms with Gasteiger partial charge in [0.15, 0.2) is 5.82 Å². The van der Waals surface area contributed by atoms with Gasteiger partial charge in [-0.2, -0.15) is 10.2 Å². The lowest BCUT2D eigenvalue weighted by Crippen LogP contribution is -2.33. The molecule has 3 heterocycles. The van der Waals surface area contributed by atoms with Crippen LogP contribution in [0, 0.1) is 0 Å². The highest BCUT2D eigenvalue weighted by molar-refractivity contribution is 5.89. The molecular weight excluding hydrogens is 344 g/mol. The number of rotatable bonds is 6. The maximum absolute atomic E-state index is 12.2. The highest BCUT2D eigenvalue weighted by Crippen LogP contribution is 2.39. The highest BCUT2D eigenvalue weighted by Gasteiger charge is 2.25. The molecule has 8 heteroatoms. The normalized spacial score (nSPS) is 16.7. The van der Waals surface area contributed by atoms with Gasteiger partial charge >= 0.3 is 0 Å². The van der Waals surface area contributed by atoms with E-state index in [1.165, 1.54) is 18.9 Å². The Kier molecular flexibility index (Phi) is 4.62. The van der Waals surface area contributed by atoms with Crippen LogP contribution in [-0.4, -0.2) is 49.8 Å². The van der Waals surface area contributed by atoms with E-state index in [1.54, 1.807) is 15.8 Å². The summed E-state index contributed by atoms with van der Waals surface area (Å²) in [6, 6.07) is 1.90. The highest BCUT2D eigenvalue weighted by atomic mass is 16.2. The molecule has 27 heavy (non-hydrogen) atoms. The number of amides is 2. The van der Waals surface area contributed by atoms with Crippen molar-refractivity contribution in [2.75, 3.05) is 18.4 Å². The number of hydrogen-bond acceptors (Lipinski definition) is 4. The maximum atomic E-state index is 12.2. The van der Waals surface area contributed by atoms with Gasteiger partial charge in [-0.1, -0.05) is 12.7 Å². The molecule has 1 saturated carbocycles. The van der Waals surface area contributed by atoms with Gasteiger partial charge in [-0.3, -0.25) is 19.4 Å². The van der Waals surface area contributed by atoms with Crippen LogP contribution in [0.15, 0.2) is 37.2 Å². The van der Waals surface area contributed by atoms with Crippen LogP contribution >= 0.6 is 0 Å². The van der Waals surface area contributed by atoms with Crippen LogP contribution in [-0.2, 0) is 16.1 Å². The van der Waals surface area contributed by atoms with E-state index in [1.807, 2.05) is 18.3 Å². The summed E-state index contributed by atoms with van der Waals surface area (Å²) in [7, 11) is 0. The molecular formula is C19H22N6O2. The Morgan fingerprint density at radius 3 is 2.96 bits per heavy atom. The summed E-state index contributed by atoms with van der Waals surface area (Å²) in [5, 5.41) is 14.2. The van der Waals surface area contributed by atoms with Gasteiger partial charge in [0, 0.05) is 42.5 Å². The Balaban J connectivity index is 1.33. The topological polar surface area (TPSA) is 95.9 Å². The first kappa shape index (κ1) is 17.3. The number of anilines is 1. The molecule has 2 aromatic heterocycles. The van der Waals surface area contributed by atoms with Crippen LogP contribution in [0.25, 0.3) is 5.57 Å². The molecule has 0 bridgehead atoms. The van der Waals surface area contributed by atoms with Crippen molar-refractivity contribution in [3.05, 3.63) is 48.4 Å². The third-order valence-corrected chi connectivity index (χ3v) is 4.89. The Labute approximate surface area is 156 Å². The summed E-state index contributed by atoms with van der Waals surface area (Å²) in [5.41, 5.74) is 3.19. The third-order valence-electron chi connectivity index (χ3n) is 4.89. The van der Waals surface area contributed by atoms with Crippen molar-refractivity contribution in [3.63, 3.8) is 0 Å². The molecule has 1 aliphatic carbocycles. The minimum atomic E-state index is -0.168. The van der Waals surface area contributed by atoms with Crippen molar-refractivity contribution < 1.29 is 9.59 Å². The van der Waals surface area contributed by atoms with Crippen molar-refractivity contribution in [2.45, 2.75) is 31.7 Å². The average molecular weight is 366 g/mol. The smallest absolute Gasteiger partial charge is 0.247 e. The molecule has 0 saturated heterocycles. The molecule has 2 aromatic rings. The van der Waals surface area contributed by atoms with Crippen molar-refractivity contribution in [1.82, 2.24) is 24.9 Å². The molecule has 2 N–H and O–H groups in total. The Morgan fingerprint density at radius 2 is 2.26 bits per heavy atom. The van der Waals surface area contributed by atoms with Gasteiger partial charge in [0.2, 0.25) is 11.8 Å². The molecule has 4 rings (SSSR count). The first-order chi connectivity index (χ1) is 13.1. The number of nitrogens with zero attached hydrogens (tertiary/aromatic N) is 4. The van der Waals surface area contributed by atoms with Gasteiger partial charge in [0.25, 0.3) is 0 Å². The number of aromatic nitrogens is 4. The zero-order valence-electron chi connectivity index (χ0n) is 15.0. The zero-order chi connectivity index (χ0) is 18.8. The lowest BCUT2D eigenvalue weighted by molar-refractivity contribution is -0.125. The summed E-state index contributed by atoms with van der Waals surface area (Å²) in [6.45, 7) is 4.86. The number of hydrogen-bond donors (Lipinski definition) is 2. The molecule has 1 fully saturated rings. The van der Waals surface area contributed by atoms with Crippen molar-refractivity contribution in [2.24, 2.45) is 0 Å². The van der Waals surface area contributed by atoms with E-state index >= 15 is 0 Å². The molecule has 8 nitrogen and oxygen atoms in total. The summed E-state index contributed by atoms with van der Waals surface area (Å²) in [5.74, 6) is 0.897. The van der Waals surface area contributed by atoms with Crippen molar-refractivity contribution in [3.8, 4) is 0 Å². The van der Waals surface area contributed by atoms with E-state index in [-0.39, 0.29) is 18.4 Å². The van der Waals surface area contributed by atoms with Gasteiger partial charge in [0.1, 0.15) is 6.54 Å². The summed E-state index contributed by atoms with van der Waals surface area (Å²) in [4.78, 5) is 25.6. The van der Waals surface area contributed by atoms with E-state index in [0.29, 0.717) is 24.8 Å². The van der Waals surface area contributed by atoms with Crippen LogP contribution in [0.1, 0.15) is 36.4 Å². The molecule has 0 spiro atoms. The minimum absolute atomic E-state index is 0.0547. The molecule has 0 radical (unpaired) electrons. The molecule has 2 amide bonds. The lowest BCUT2D eigenvalue weighted by Gasteiger charge is -2.24. The molecule has 0 unspecified atom stereocenters. The van der Waals surface area contributed by atoms with Gasteiger partial charge in [-0.15, -0.1) is 0 Å². The number of H-pyrrole nitrogens is 1. The van der Waals surface area contributed by atoms with Crippen LogP contribution < -0.4 is 5.32 Å². The summed E-state index contributed by atoms with van der Waals surface area (Å²) in [6.07, 6.45) is 10.1. The molecule has 2 aliphatic rings. The van der Waals surface area contributed by atoms with Crippen LogP contribution in [0.5, 0.6) is 0 Å². The second kappa shape index (κ2) is 7.22. The zero-order valence-corrected chi connectivity index (χ0v) is 15.0. The molecule has 1 aliphatic heterocycles. The number of carbonyl (C=O) groups is 2. The van der Waals surface area contributed by atoms with E-state index in [4.69, 9.17) is 0 Å². The number of aromatic amines is 1. The largest absolute Gasteiger partial charge is 0.335 e. The predicted molar refractivity (Wildman–Crippen MR) is 101 cm³/mol. The Hall–Kier alpha value is -3.16. The fourth-order valence-corrected chi connectivity index (χ4v) is 3.21. The summed E-state index contributed by atoms with van der Waals surface area (Å²) >= 11 is 0. The standard InChI is InChI=1S/C19H22N6O2/c1-2-19(27)24-7-5-13(6-8-24)15-10-20-25(11-15)12-18(26)21-17-9-16(22-23-17)14-3-4-14/h2,5,9-11,14H,1,3-4,6-8,12H2,(H2,21,22,23,26). The average Bonchev–Trinajstić information content (AvgIpc) is 3.26. The van der Waals surface area contributed by atoms with E-state index in [9.17, 15) is 9.59 Å². The maximum Gasteiger partial charge on any atom is 0.247 e. The molecule has 0 atom stereocenters. The lowest BCUT2D eigenvalue weighted by atomic mass is 10.0. The Morgan fingerprint density at radius 1 is 1.41 bits per heavy atom. The fourth-order valence-electron chi connectivity index (χ4n) is 3.21. The minimum Gasteiger partial charge on any atom is -0.335 e. The Bertz CT molecular complexity index is 905. The van der Waals surface area contributed by atoms with E-state index < -0.39 is 0 Å². The van der Waals surface area contributed by atoms with E-state index in [0.717, 1.165) is 23.3 Å². The first-order valence-corrected chi connectivity index (χ1v) is 9.10. The van der Waals surface area contributed by atoms with Crippen molar-refractivity contribution >= 4 is 23.2 Å². The van der Waals surface area contributed by atoms with Crippen LogP contribution in [0.2, 0.25) is 0 Å². The summed E-state index contributed by atoms with van der Waals surface area (Å²) < 4.78 is 1.61.